The molecule has 10 heteroatoms. The summed E-state index contributed by atoms with van der Waals surface area (Å²) >= 11 is 0. The van der Waals surface area contributed by atoms with Crippen LogP contribution in [-0.2, 0) is 82.3 Å². The highest BCUT2D eigenvalue weighted by Gasteiger charge is 2.51. The fourth-order valence-corrected chi connectivity index (χ4v) is 8.09. The minimum absolute atomic E-state index is 0.0450. The van der Waals surface area contributed by atoms with E-state index in [1.807, 2.05) is 189 Å². The molecule has 0 saturated carbocycles. The maximum atomic E-state index is 11.8. The Morgan fingerprint density at radius 3 is 1.02 bits per heavy atom. The summed E-state index contributed by atoms with van der Waals surface area (Å²) in [7, 11) is 0. The number of benzene rings is 6. The zero-order valence-electron chi connectivity index (χ0n) is 36.2. The fraction of sp³-hybridized carbons (Fsp3) is 0.333. The van der Waals surface area contributed by atoms with E-state index in [4.69, 9.17) is 42.6 Å². The van der Waals surface area contributed by atoms with Crippen LogP contribution in [0.4, 0.5) is 0 Å². The van der Waals surface area contributed by atoms with E-state index in [2.05, 4.69) is 0 Å². The first-order valence-electron chi connectivity index (χ1n) is 22.1. The molecule has 0 aromatic heterocycles. The number of aliphatic hydroxyl groups excluding tert-OH is 1. The number of aliphatic hydroxyl groups is 1. The summed E-state index contributed by atoms with van der Waals surface area (Å²) in [6, 6.07) is 59.7. The van der Waals surface area contributed by atoms with Crippen LogP contribution in [0.5, 0.6) is 0 Å². The second-order valence-electron chi connectivity index (χ2n) is 16.2. The first-order valence-corrected chi connectivity index (χ1v) is 22.1. The Bertz CT molecular complexity index is 2030. The van der Waals surface area contributed by atoms with Crippen molar-refractivity contribution in [2.45, 2.75) is 108 Å². The third-order valence-corrected chi connectivity index (χ3v) is 11.5. The molecule has 2 aliphatic rings. The molecule has 2 aliphatic heterocycles. The molecule has 1 N–H and O–H groups in total. The Morgan fingerprint density at radius 1 is 0.344 bits per heavy atom. The Balaban J connectivity index is 1.07. The maximum absolute atomic E-state index is 11.8. The SMILES string of the molecule is C[C@@H]1O[C@@H](OC[C@H]2O[C@H](O)[C@H](OCc3ccccc3)[C@@H](OCc3ccccc3)[C@@H]2OCc2ccccc2)[C@@H](OCc2ccccc2)[C@H](OCc2ccccc2)[C@@H]1OCc1ccccc1. The largest absolute Gasteiger partial charge is 0.368 e. The molecule has 6 aromatic carbocycles. The van der Waals surface area contributed by atoms with Crippen molar-refractivity contribution >= 4 is 0 Å². The highest BCUT2D eigenvalue weighted by molar-refractivity contribution is 5.18. The van der Waals surface area contributed by atoms with Gasteiger partial charge in [0.15, 0.2) is 12.6 Å². The molecule has 0 aliphatic carbocycles. The lowest BCUT2D eigenvalue weighted by Crippen LogP contribution is -2.63. The minimum Gasteiger partial charge on any atom is -0.368 e. The summed E-state index contributed by atoms with van der Waals surface area (Å²) in [5, 5.41) is 11.8. The van der Waals surface area contributed by atoms with Crippen molar-refractivity contribution in [1.29, 1.82) is 0 Å². The lowest BCUT2D eigenvalue weighted by molar-refractivity contribution is -0.345. The first kappa shape index (κ1) is 45.5. The zero-order valence-corrected chi connectivity index (χ0v) is 36.2. The molecule has 0 unspecified atom stereocenters. The molecule has 0 bridgehead atoms. The van der Waals surface area contributed by atoms with Crippen LogP contribution in [0, 0.1) is 0 Å². The van der Waals surface area contributed by atoms with Crippen LogP contribution < -0.4 is 0 Å². The van der Waals surface area contributed by atoms with Gasteiger partial charge in [0.2, 0.25) is 0 Å². The van der Waals surface area contributed by atoms with Crippen LogP contribution in [0.2, 0.25) is 0 Å². The monoisotopic (exact) mass is 866 g/mol. The summed E-state index contributed by atoms with van der Waals surface area (Å²) in [6.07, 6.45) is -7.86. The van der Waals surface area contributed by atoms with E-state index in [0.717, 1.165) is 33.4 Å². The van der Waals surface area contributed by atoms with Gasteiger partial charge in [0, 0.05) is 0 Å². The van der Waals surface area contributed by atoms with Gasteiger partial charge in [-0.3, -0.25) is 0 Å². The van der Waals surface area contributed by atoms with Gasteiger partial charge in [-0.1, -0.05) is 182 Å². The molecule has 2 saturated heterocycles. The maximum Gasteiger partial charge on any atom is 0.186 e. The Morgan fingerprint density at radius 2 is 0.641 bits per heavy atom. The standard InChI is InChI=1S/C54H58O10/c1-39-47(56-32-40-20-8-2-9-21-40)49(58-34-42-24-12-4-13-25-42)52(61-37-45-30-18-7-19-31-45)54(63-39)62-38-46-48(57-33-41-22-10-3-11-23-41)50(59-35-43-26-14-5-15-27-43)51(53(55)64-46)60-36-44-28-16-6-17-29-44/h2-31,39,46-55H,32-38H2,1H3/t39-,46+,47+,48+,49+,50-,51+,52-,53-,54+/m0/s1. The molecule has 334 valence electrons. The Labute approximate surface area is 376 Å². The van der Waals surface area contributed by atoms with E-state index in [9.17, 15) is 5.11 Å². The lowest BCUT2D eigenvalue weighted by atomic mass is 9.97. The summed E-state index contributed by atoms with van der Waals surface area (Å²) in [5.41, 5.74) is 5.90. The minimum atomic E-state index is -1.37. The second kappa shape index (κ2) is 23.7. The molecule has 2 fully saturated rings. The molecule has 64 heavy (non-hydrogen) atoms. The van der Waals surface area contributed by atoms with Crippen molar-refractivity contribution in [3.05, 3.63) is 215 Å². The number of hydrogen-bond acceptors (Lipinski definition) is 10. The lowest BCUT2D eigenvalue weighted by Gasteiger charge is -2.47. The number of hydrogen-bond donors (Lipinski definition) is 1. The van der Waals surface area contributed by atoms with Crippen LogP contribution in [0.15, 0.2) is 182 Å². The Kier molecular flexibility index (Phi) is 16.9. The molecule has 2 heterocycles. The van der Waals surface area contributed by atoms with Crippen LogP contribution in [0.1, 0.15) is 40.3 Å². The number of ether oxygens (including phenoxy) is 9. The van der Waals surface area contributed by atoms with Gasteiger partial charge in [0.05, 0.1) is 52.4 Å². The fourth-order valence-electron chi connectivity index (χ4n) is 8.09. The summed E-state index contributed by atoms with van der Waals surface area (Å²) in [4.78, 5) is 0. The van der Waals surface area contributed by atoms with E-state index in [0.29, 0.717) is 13.2 Å². The van der Waals surface area contributed by atoms with Crippen molar-refractivity contribution in [2.75, 3.05) is 6.61 Å². The van der Waals surface area contributed by atoms with Gasteiger partial charge in [-0.2, -0.15) is 0 Å². The van der Waals surface area contributed by atoms with Crippen LogP contribution >= 0.6 is 0 Å². The molecular weight excluding hydrogens is 809 g/mol. The quantitative estimate of drug-likeness (QED) is 0.0755. The normalized spacial score (nSPS) is 25.8. The highest BCUT2D eigenvalue weighted by Crippen LogP contribution is 2.34. The van der Waals surface area contributed by atoms with Crippen molar-refractivity contribution < 1.29 is 47.7 Å². The van der Waals surface area contributed by atoms with Crippen LogP contribution in [0.25, 0.3) is 0 Å². The molecule has 10 atom stereocenters. The molecule has 6 aromatic rings. The highest BCUT2D eigenvalue weighted by atomic mass is 16.7. The average molecular weight is 867 g/mol. The van der Waals surface area contributed by atoms with Crippen LogP contribution in [0.3, 0.4) is 0 Å². The molecular formula is C54H58O10. The van der Waals surface area contributed by atoms with Gasteiger partial charge in [0.25, 0.3) is 0 Å². The summed E-state index contributed by atoms with van der Waals surface area (Å²) in [6.45, 7) is 3.61. The van der Waals surface area contributed by atoms with E-state index in [1.165, 1.54) is 0 Å². The van der Waals surface area contributed by atoms with Crippen molar-refractivity contribution in [3.63, 3.8) is 0 Å². The average Bonchev–Trinajstić information content (AvgIpc) is 3.35. The van der Waals surface area contributed by atoms with Gasteiger partial charge < -0.3 is 47.7 Å². The summed E-state index contributed by atoms with van der Waals surface area (Å²) in [5.74, 6) is 0. The van der Waals surface area contributed by atoms with Gasteiger partial charge in [-0.15, -0.1) is 0 Å². The third-order valence-electron chi connectivity index (χ3n) is 11.5. The van der Waals surface area contributed by atoms with E-state index in [1.54, 1.807) is 0 Å². The van der Waals surface area contributed by atoms with Crippen molar-refractivity contribution in [2.24, 2.45) is 0 Å². The van der Waals surface area contributed by atoms with Crippen molar-refractivity contribution in [3.8, 4) is 0 Å². The van der Waals surface area contributed by atoms with E-state index >= 15 is 0 Å². The first-order chi connectivity index (χ1) is 31.6. The summed E-state index contributed by atoms with van der Waals surface area (Å²) < 4.78 is 60.2. The van der Waals surface area contributed by atoms with Gasteiger partial charge >= 0.3 is 0 Å². The second-order valence-corrected chi connectivity index (χ2v) is 16.2. The van der Waals surface area contributed by atoms with Crippen molar-refractivity contribution in [1.82, 2.24) is 0 Å². The van der Waals surface area contributed by atoms with Gasteiger partial charge in [-0.25, -0.2) is 0 Å². The van der Waals surface area contributed by atoms with E-state index in [-0.39, 0.29) is 33.0 Å². The van der Waals surface area contributed by atoms with Gasteiger partial charge in [0.1, 0.15) is 42.7 Å². The molecule has 8 rings (SSSR count). The molecule has 0 spiro atoms. The Hall–Kier alpha value is -5.08. The zero-order chi connectivity index (χ0) is 43.8. The molecule has 10 nitrogen and oxygen atoms in total. The number of rotatable bonds is 21. The van der Waals surface area contributed by atoms with E-state index < -0.39 is 61.4 Å². The van der Waals surface area contributed by atoms with Crippen LogP contribution in [-0.4, -0.2) is 73.1 Å². The third kappa shape index (κ3) is 12.8. The smallest absolute Gasteiger partial charge is 0.186 e. The predicted molar refractivity (Wildman–Crippen MR) is 241 cm³/mol. The molecule has 0 radical (unpaired) electrons. The topological polar surface area (TPSA) is 103 Å². The predicted octanol–water partition coefficient (Wildman–Crippen LogP) is 8.98. The van der Waals surface area contributed by atoms with Gasteiger partial charge in [-0.05, 0) is 40.3 Å². The molecule has 0 amide bonds.